The van der Waals surface area contributed by atoms with Crippen molar-refractivity contribution >= 4 is 0 Å². The highest BCUT2D eigenvalue weighted by Gasteiger charge is 2.20. The van der Waals surface area contributed by atoms with E-state index < -0.39 is 0 Å². The van der Waals surface area contributed by atoms with Crippen molar-refractivity contribution in [3.63, 3.8) is 0 Å². The highest BCUT2D eigenvalue weighted by atomic mass is 16.5. The zero-order valence-corrected chi connectivity index (χ0v) is 11.6. The Morgan fingerprint density at radius 1 is 1.35 bits per heavy atom. The fourth-order valence-corrected chi connectivity index (χ4v) is 1.90. The molecular formula is C14H19N5O. The van der Waals surface area contributed by atoms with Gasteiger partial charge in [-0.05, 0) is 25.3 Å². The molecule has 0 bridgehead atoms. The largest absolute Gasteiger partial charge is 0.434 e. The first-order chi connectivity index (χ1) is 9.83. The number of hydrogen-bond donors (Lipinski definition) is 1. The molecule has 1 fully saturated rings. The van der Waals surface area contributed by atoms with Gasteiger partial charge in [0.25, 0.3) is 0 Å². The zero-order valence-electron chi connectivity index (χ0n) is 11.6. The van der Waals surface area contributed by atoms with Gasteiger partial charge >= 0.3 is 0 Å². The minimum absolute atomic E-state index is 0.497. The Morgan fingerprint density at radius 2 is 2.25 bits per heavy atom. The standard InChI is InChI=1S/C14H19N5O/c1-2-7-19-10-13(9-16-19)20-14-6-5-12(17-18-14)8-15-11-3-4-11/h5-6,9-11,15H,2-4,7-8H2,1H3. The van der Waals surface area contributed by atoms with E-state index in [1.54, 1.807) is 6.20 Å². The first kappa shape index (κ1) is 13.1. The average Bonchev–Trinajstić information content (AvgIpc) is 3.19. The first-order valence-corrected chi connectivity index (χ1v) is 7.10. The van der Waals surface area contributed by atoms with Gasteiger partial charge in [-0.3, -0.25) is 4.68 Å². The molecule has 2 heterocycles. The fraction of sp³-hybridized carbons (Fsp3) is 0.500. The van der Waals surface area contributed by atoms with Crippen LogP contribution in [0.1, 0.15) is 31.9 Å². The predicted molar refractivity (Wildman–Crippen MR) is 74.5 cm³/mol. The third-order valence-corrected chi connectivity index (χ3v) is 3.13. The van der Waals surface area contributed by atoms with E-state index in [2.05, 4.69) is 27.5 Å². The topological polar surface area (TPSA) is 64.9 Å². The van der Waals surface area contributed by atoms with Gasteiger partial charge in [0, 0.05) is 25.2 Å². The van der Waals surface area contributed by atoms with Crippen molar-refractivity contribution in [3.8, 4) is 11.6 Å². The molecule has 0 aliphatic heterocycles. The molecule has 0 spiro atoms. The fourth-order valence-electron chi connectivity index (χ4n) is 1.90. The summed E-state index contributed by atoms with van der Waals surface area (Å²) in [5, 5.41) is 15.8. The second-order valence-electron chi connectivity index (χ2n) is 5.06. The molecule has 0 amide bonds. The Morgan fingerprint density at radius 3 is 2.95 bits per heavy atom. The van der Waals surface area contributed by atoms with Crippen LogP contribution in [0.5, 0.6) is 11.6 Å². The summed E-state index contributed by atoms with van der Waals surface area (Å²) in [4.78, 5) is 0. The first-order valence-electron chi connectivity index (χ1n) is 7.10. The van der Waals surface area contributed by atoms with E-state index in [1.165, 1.54) is 12.8 Å². The lowest BCUT2D eigenvalue weighted by atomic mass is 10.4. The molecule has 1 aliphatic carbocycles. The van der Waals surface area contributed by atoms with Gasteiger partial charge in [0.05, 0.1) is 18.1 Å². The Kier molecular flexibility index (Phi) is 3.92. The number of aromatic nitrogens is 4. The molecular weight excluding hydrogens is 254 g/mol. The second-order valence-corrected chi connectivity index (χ2v) is 5.06. The SMILES string of the molecule is CCCn1cc(Oc2ccc(CNC3CC3)nn2)cn1. The van der Waals surface area contributed by atoms with Crippen LogP contribution in [-0.2, 0) is 13.1 Å². The molecule has 2 aromatic heterocycles. The van der Waals surface area contributed by atoms with Crippen molar-refractivity contribution in [2.75, 3.05) is 0 Å². The number of aryl methyl sites for hydroxylation is 1. The lowest BCUT2D eigenvalue weighted by Crippen LogP contribution is -2.16. The molecule has 0 aromatic carbocycles. The Labute approximate surface area is 118 Å². The third-order valence-electron chi connectivity index (χ3n) is 3.13. The van der Waals surface area contributed by atoms with Gasteiger partial charge in [0.15, 0.2) is 5.75 Å². The predicted octanol–water partition coefficient (Wildman–Crippen LogP) is 2.13. The smallest absolute Gasteiger partial charge is 0.239 e. The number of nitrogens with one attached hydrogen (secondary N) is 1. The third kappa shape index (κ3) is 3.54. The number of nitrogens with zero attached hydrogens (tertiary/aromatic N) is 4. The van der Waals surface area contributed by atoms with Crippen LogP contribution in [0.2, 0.25) is 0 Å². The van der Waals surface area contributed by atoms with Gasteiger partial charge in [-0.15, -0.1) is 5.10 Å². The van der Waals surface area contributed by atoms with Crippen LogP contribution in [0.3, 0.4) is 0 Å². The molecule has 0 unspecified atom stereocenters. The molecule has 20 heavy (non-hydrogen) atoms. The minimum Gasteiger partial charge on any atom is -0.434 e. The molecule has 1 aliphatic rings. The zero-order chi connectivity index (χ0) is 13.8. The van der Waals surface area contributed by atoms with E-state index in [-0.39, 0.29) is 0 Å². The summed E-state index contributed by atoms with van der Waals surface area (Å²) < 4.78 is 7.48. The molecule has 1 N–H and O–H groups in total. The van der Waals surface area contributed by atoms with E-state index in [4.69, 9.17) is 4.74 Å². The van der Waals surface area contributed by atoms with Crippen molar-refractivity contribution in [3.05, 3.63) is 30.2 Å². The van der Waals surface area contributed by atoms with Crippen molar-refractivity contribution in [2.45, 2.75) is 45.3 Å². The normalized spacial score (nSPS) is 14.4. The summed E-state index contributed by atoms with van der Waals surface area (Å²) in [5.41, 5.74) is 0.936. The van der Waals surface area contributed by atoms with Crippen molar-refractivity contribution in [1.82, 2.24) is 25.3 Å². The van der Waals surface area contributed by atoms with Crippen LogP contribution in [0, 0.1) is 0 Å². The molecule has 1 saturated carbocycles. The number of hydrogen-bond acceptors (Lipinski definition) is 5. The van der Waals surface area contributed by atoms with E-state index in [9.17, 15) is 0 Å². The van der Waals surface area contributed by atoms with Gasteiger partial charge in [-0.2, -0.15) is 10.2 Å². The second kappa shape index (κ2) is 6.00. The van der Waals surface area contributed by atoms with Crippen molar-refractivity contribution in [1.29, 1.82) is 0 Å². The maximum atomic E-state index is 5.62. The van der Waals surface area contributed by atoms with E-state index in [0.29, 0.717) is 17.7 Å². The summed E-state index contributed by atoms with van der Waals surface area (Å²) in [7, 11) is 0. The maximum absolute atomic E-state index is 5.62. The molecule has 2 aromatic rings. The number of ether oxygens (including phenoxy) is 1. The van der Waals surface area contributed by atoms with Crippen LogP contribution < -0.4 is 10.1 Å². The maximum Gasteiger partial charge on any atom is 0.239 e. The molecule has 0 saturated heterocycles. The summed E-state index contributed by atoms with van der Waals surface area (Å²) in [5.74, 6) is 1.19. The van der Waals surface area contributed by atoms with Crippen molar-refractivity contribution in [2.24, 2.45) is 0 Å². The molecule has 0 atom stereocenters. The van der Waals surface area contributed by atoms with Crippen LogP contribution in [0.15, 0.2) is 24.5 Å². The molecule has 6 heteroatoms. The van der Waals surface area contributed by atoms with Gasteiger partial charge in [-0.1, -0.05) is 6.92 Å². The van der Waals surface area contributed by atoms with Gasteiger partial charge in [-0.25, -0.2) is 0 Å². The lowest BCUT2D eigenvalue weighted by Gasteiger charge is -2.03. The Hall–Kier alpha value is -1.95. The van der Waals surface area contributed by atoms with Crippen LogP contribution in [0.25, 0.3) is 0 Å². The van der Waals surface area contributed by atoms with Crippen LogP contribution in [-0.4, -0.2) is 26.0 Å². The molecule has 0 radical (unpaired) electrons. The quantitative estimate of drug-likeness (QED) is 0.837. The summed E-state index contributed by atoms with van der Waals surface area (Å²) in [6, 6.07) is 4.46. The van der Waals surface area contributed by atoms with E-state index >= 15 is 0 Å². The average molecular weight is 273 g/mol. The highest BCUT2D eigenvalue weighted by Crippen LogP contribution is 2.20. The van der Waals surface area contributed by atoms with Gasteiger partial charge < -0.3 is 10.1 Å². The van der Waals surface area contributed by atoms with Gasteiger partial charge in [0.1, 0.15) is 0 Å². The van der Waals surface area contributed by atoms with Crippen molar-refractivity contribution < 1.29 is 4.74 Å². The number of rotatable bonds is 7. The molecule has 3 rings (SSSR count). The molecule has 106 valence electrons. The monoisotopic (exact) mass is 273 g/mol. The highest BCUT2D eigenvalue weighted by molar-refractivity contribution is 5.21. The van der Waals surface area contributed by atoms with Gasteiger partial charge in [0.2, 0.25) is 5.88 Å². The lowest BCUT2D eigenvalue weighted by molar-refractivity contribution is 0.451. The minimum atomic E-state index is 0.497. The summed E-state index contributed by atoms with van der Waals surface area (Å²) in [6.45, 7) is 3.77. The van der Waals surface area contributed by atoms with Crippen LogP contribution in [0.4, 0.5) is 0 Å². The Balaban J connectivity index is 1.55. The van der Waals surface area contributed by atoms with Crippen LogP contribution >= 0.6 is 0 Å². The van der Waals surface area contributed by atoms with E-state index in [0.717, 1.165) is 25.2 Å². The van der Waals surface area contributed by atoms with E-state index in [1.807, 2.05) is 23.0 Å². The summed E-state index contributed by atoms with van der Waals surface area (Å²) in [6.07, 6.45) is 7.16. The summed E-state index contributed by atoms with van der Waals surface area (Å²) >= 11 is 0. The molecule has 6 nitrogen and oxygen atoms in total. The Bertz CT molecular complexity index is 547.